The Bertz CT molecular complexity index is 692. The first-order valence-electron chi connectivity index (χ1n) is 8.21. The topological polar surface area (TPSA) is 83.8 Å². The van der Waals surface area contributed by atoms with Crippen molar-refractivity contribution < 1.29 is 18.7 Å². The van der Waals surface area contributed by atoms with Gasteiger partial charge in [0.1, 0.15) is 5.76 Å². The number of anilines is 1. The lowest BCUT2D eigenvalue weighted by atomic mass is 10.2. The van der Waals surface area contributed by atoms with E-state index in [1.807, 2.05) is 0 Å². The summed E-state index contributed by atoms with van der Waals surface area (Å²) in [5, 5.41) is 5.62. The number of nitrogens with one attached hydrogen (secondary N) is 2. The Balaban J connectivity index is 1.47. The highest BCUT2D eigenvalue weighted by Gasteiger charge is 2.14. The van der Waals surface area contributed by atoms with Gasteiger partial charge in [-0.25, -0.2) is 0 Å². The summed E-state index contributed by atoms with van der Waals surface area (Å²) in [6.45, 7) is 3.53. The number of morpholine rings is 1. The highest BCUT2D eigenvalue weighted by atomic mass is 16.5. The molecule has 1 aliphatic heterocycles. The van der Waals surface area contributed by atoms with Crippen LogP contribution < -0.4 is 10.6 Å². The van der Waals surface area contributed by atoms with Crippen LogP contribution in [0.15, 0.2) is 47.1 Å². The lowest BCUT2D eigenvalue weighted by Gasteiger charge is -2.25. The molecule has 7 nitrogen and oxygen atoms in total. The molecule has 2 aromatic rings. The van der Waals surface area contributed by atoms with Crippen molar-refractivity contribution in [3.05, 3.63) is 54.0 Å². The number of hydrogen-bond acceptors (Lipinski definition) is 5. The van der Waals surface area contributed by atoms with Crippen LogP contribution in [-0.2, 0) is 16.1 Å². The molecular formula is C18H21N3O4. The molecule has 0 bridgehead atoms. The van der Waals surface area contributed by atoms with Crippen molar-refractivity contribution in [2.24, 2.45) is 0 Å². The Hall–Kier alpha value is -2.64. The number of benzene rings is 1. The number of carbonyl (C=O) groups is 2. The van der Waals surface area contributed by atoms with Crippen molar-refractivity contribution in [3.63, 3.8) is 0 Å². The summed E-state index contributed by atoms with van der Waals surface area (Å²) in [6.07, 6.45) is 1.57. The van der Waals surface area contributed by atoms with E-state index in [-0.39, 0.29) is 11.8 Å². The summed E-state index contributed by atoms with van der Waals surface area (Å²) >= 11 is 0. The summed E-state index contributed by atoms with van der Waals surface area (Å²) < 4.78 is 10.4. The maximum absolute atomic E-state index is 12.1. The number of rotatable bonds is 6. The molecule has 0 unspecified atom stereocenters. The zero-order valence-electron chi connectivity index (χ0n) is 13.9. The molecule has 1 aliphatic rings. The Morgan fingerprint density at radius 1 is 1.08 bits per heavy atom. The van der Waals surface area contributed by atoms with E-state index in [0.717, 1.165) is 13.1 Å². The zero-order valence-corrected chi connectivity index (χ0v) is 13.9. The van der Waals surface area contributed by atoms with Gasteiger partial charge in [-0.3, -0.25) is 14.5 Å². The van der Waals surface area contributed by atoms with Crippen LogP contribution >= 0.6 is 0 Å². The quantitative estimate of drug-likeness (QED) is 0.830. The third kappa shape index (κ3) is 5.17. The van der Waals surface area contributed by atoms with Crippen molar-refractivity contribution in [1.29, 1.82) is 0 Å². The van der Waals surface area contributed by atoms with Crippen LogP contribution in [0.3, 0.4) is 0 Å². The summed E-state index contributed by atoms with van der Waals surface area (Å²) in [6, 6.07) is 10.4. The Kier molecular flexibility index (Phi) is 5.81. The Labute approximate surface area is 145 Å². The van der Waals surface area contributed by atoms with Gasteiger partial charge in [-0.15, -0.1) is 0 Å². The second-order valence-corrected chi connectivity index (χ2v) is 5.78. The van der Waals surface area contributed by atoms with Crippen molar-refractivity contribution in [1.82, 2.24) is 10.2 Å². The fraction of sp³-hybridized carbons (Fsp3) is 0.333. The molecule has 3 rings (SSSR count). The fourth-order valence-corrected chi connectivity index (χ4v) is 2.55. The van der Waals surface area contributed by atoms with E-state index in [4.69, 9.17) is 9.15 Å². The molecule has 0 aliphatic carbocycles. The first kappa shape index (κ1) is 17.2. The summed E-state index contributed by atoms with van der Waals surface area (Å²) in [4.78, 5) is 26.2. The van der Waals surface area contributed by atoms with Crippen LogP contribution in [0.5, 0.6) is 0 Å². The highest BCUT2D eigenvalue weighted by Crippen LogP contribution is 2.10. The molecule has 7 heteroatoms. The summed E-state index contributed by atoms with van der Waals surface area (Å²) in [5.41, 5.74) is 1.19. The van der Waals surface area contributed by atoms with Gasteiger partial charge in [0.2, 0.25) is 5.91 Å². The van der Waals surface area contributed by atoms with E-state index in [1.165, 1.54) is 0 Å². The van der Waals surface area contributed by atoms with Gasteiger partial charge in [-0.1, -0.05) is 0 Å². The minimum Gasteiger partial charge on any atom is -0.467 e. The molecule has 1 fully saturated rings. The first-order chi connectivity index (χ1) is 12.2. The van der Waals surface area contributed by atoms with Crippen LogP contribution in [0.4, 0.5) is 5.69 Å². The van der Waals surface area contributed by atoms with Crippen LogP contribution in [0.1, 0.15) is 16.1 Å². The molecule has 132 valence electrons. The normalized spacial score (nSPS) is 14.9. The molecule has 1 saturated heterocycles. The van der Waals surface area contributed by atoms with Gasteiger partial charge in [0.15, 0.2) is 0 Å². The largest absolute Gasteiger partial charge is 0.467 e. The number of ether oxygens (including phenoxy) is 1. The smallest absolute Gasteiger partial charge is 0.251 e. The van der Waals surface area contributed by atoms with E-state index in [1.54, 1.807) is 42.7 Å². The lowest BCUT2D eigenvalue weighted by molar-refractivity contribution is -0.118. The van der Waals surface area contributed by atoms with E-state index < -0.39 is 0 Å². The van der Waals surface area contributed by atoms with Gasteiger partial charge in [-0.05, 0) is 36.4 Å². The number of hydrogen-bond donors (Lipinski definition) is 2. The number of furan rings is 1. The van der Waals surface area contributed by atoms with Crippen LogP contribution in [0.2, 0.25) is 0 Å². The predicted octanol–water partition coefficient (Wildman–Crippen LogP) is 1.48. The average Bonchev–Trinajstić information content (AvgIpc) is 3.14. The lowest BCUT2D eigenvalue weighted by Crippen LogP contribution is -2.41. The van der Waals surface area contributed by atoms with Crippen molar-refractivity contribution in [3.8, 4) is 0 Å². The van der Waals surface area contributed by atoms with Gasteiger partial charge in [0.25, 0.3) is 5.91 Å². The summed E-state index contributed by atoms with van der Waals surface area (Å²) in [5.74, 6) is 0.430. The van der Waals surface area contributed by atoms with Gasteiger partial charge >= 0.3 is 0 Å². The maximum atomic E-state index is 12.1. The van der Waals surface area contributed by atoms with Crippen LogP contribution in [-0.4, -0.2) is 49.6 Å². The zero-order chi connectivity index (χ0) is 17.5. The van der Waals surface area contributed by atoms with E-state index in [0.29, 0.717) is 43.3 Å². The number of carbonyl (C=O) groups excluding carboxylic acids is 2. The van der Waals surface area contributed by atoms with Gasteiger partial charge in [0, 0.05) is 24.3 Å². The maximum Gasteiger partial charge on any atom is 0.251 e. The van der Waals surface area contributed by atoms with E-state index >= 15 is 0 Å². The minimum absolute atomic E-state index is 0.0723. The molecule has 0 radical (unpaired) electrons. The molecule has 1 aromatic heterocycles. The average molecular weight is 343 g/mol. The van der Waals surface area contributed by atoms with Crippen molar-refractivity contribution in [2.75, 3.05) is 38.2 Å². The molecule has 0 spiro atoms. The molecule has 0 saturated carbocycles. The van der Waals surface area contributed by atoms with E-state index in [9.17, 15) is 9.59 Å². The number of amides is 2. The van der Waals surface area contributed by atoms with Crippen molar-refractivity contribution in [2.45, 2.75) is 6.54 Å². The number of nitrogens with zero attached hydrogens (tertiary/aromatic N) is 1. The first-order valence-corrected chi connectivity index (χ1v) is 8.21. The fourth-order valence-electron chi connectivity index (χ4n) is 2.55. The molecule has 2 heterocycles. The SMILES string of the molecule is O=C(CN1CCOCC1)Nc1ccc(C(=O)NCc2ccco2)cc1. The predicted molar refractivity (Wildman–Crippen MR) is 92.2 cm³/mol. The molecular weight excluding hydrogens is 322 g/mol. The molecule has 1 aromatic carbocycles. The Morgan fingerprint density at radius 2 is 1.84 bits per heavy atom. The molecule has 25 heavy (non-hydrogen) atoms. The van der Waals surface area contributed by atoms with Gasteiger partial charge in [0.05, 0.1) is 32.6 Å². The molecule has 2 amide bonds. The van der Waals surface area contributed by atoms with Gasteiger partial charge < -0.3 is 19.8 Å². The molecule has 0 atom stereocenters. The van der Waals surface area contributed by atoms with Crippen molar-refractivity contribution >= 4 is 17.5 Å². The highest BCUT2D eigenvalue weighted by molar-refractivity contribution is 5.96. The monoisotopic (exact) mass is 343 g/mol. The Morgan fingerprint density at radius 3 is 2.52 bits per heavy atom. The second kappa shape index (κ2) is 8.46. The molecule has 2 N–H and O–H groups in total. The minimum atomic E-state index is -0.192. The third-order valence-electron chi connectivity index (χ3n) is 3.91. The van der Waals surface area contributed by atoms with Gasteiger partial charge in [-0.2, -0.15) is 0 Å². The summed E-state index contributed by atoms with van der Waals surface area (Å²) in [7, 11) is 0. The standard InChI is InChI=1S/C18H21N3O4/c22-17(13-21-7-10-24-11-8-21)20-15-5-3-14(4-6-15)18(23)19-12-16-2-1-9-25-16/h1-6,9H,7-8,10-13H2,(H,19,23)(H,20,22). The second-order valence-electron chi connectivity index (χ2n) is 5.78. The third-order valence-corrected chi connectivity index (χ3v) is 3.91. The van der Waals surface area contributed by atoms with Crippen LogP contribution in [0, 0.1) is 0 Å². The van der Waals surface area contributed by atoms with E-state index in [2.05, 4.69) is 15.5 Å². The van der Waals surface area contributed by atoms with Crippen LogP contribution in [0.25, 0.3) is 0 Å².